The minimum atomic E-state index is -1.66. The van der Waals surface area contributed by atoms with E-state index < -0.39 is 41.7 Å². The molecule has 1 fully saturated rings. The van der Waals surface area contributed by atoms with Gasteiger partial charge in [0.25, 0.3) is 5.91 Å². The van der Waals surface area contributed by atoms with Gasteiger partial charge >= 0.3 is 0 Å². The van der Waals surface area contributed by atoms with Crippen molar-refractivity contribution in [2.75, 3.05) is 19.7 Å². The molecule has 0 aromatic heterocycles. The number of carbonyl (C=O) groups excluding carboxylic acids is 1. The van der Waals surface area contributed by atoms with Crippen LogP contribution in [0.4, 0.5) is 13.2 Å². The van der Waals surface area contributed by atoms with Crippen molar-refractivity contribution in [2.45, 2.75) is 18.1 Å². The van der Waals surface area contributed by atoms with Crippen molar-refractivity contribution < 1.29 is 33.3 Å². The lowest BCUT2D eigenvalue weighted by atomic mass is 9.87. The highest BCUT2D eigenvalue weighted by atomic mass is 127. The lowest BCUT2D eigenvalue weighted by molar-refractivity contribution is -0.161. The van der Waals surface area contributed by atoms with Crippen LogP contribution >= 0.6 is 22.6 Å². The molecule has 0 aliphatic carbocycles. The summed E-state index contributed by atoms with van der Waals surface area (Å²) in [5.74, 6) is -3.68. The van der Waals surface area contributed by atoms with Gasteiger partial charge in [-0.25, -0.2) is 13.2 Å². The molecule has 9 heteroatoms. The maximum absolute atomic E-state index is 14.4. The van der Waals surface area contributed by atoms with Crippen molar-refractivity contribution in [1.29, 1.82) is 0 Å². The topological polar surface area (TPSA) is 81.0 Å². The molecule has 28 heavy (non-hydrogen) atoms. The fourth-order valence-corrected chi connectivity index (χ4v) is 3.58. The Hall–Kier alpha value is -1.69. The number of hydrogen-bond donors (Lipinski definition) is 3. The van der Waals surface area contributed by atoms with E-state index in [0.717, 1.165) is 17.0 Å². The lowest BCUT2D eigenvalue weighted by Gasteiger charge is -2.48. The predicted octanol–water partition coefficient (Wildman–Crippen LogP) is 1.84. The molecule has 1 aliphatic rings. The Kier molecular flexibility index (Phi) is 5.99. The molecule has 0 radical (unpaired) electrons. The van der Waals surface area contributed by atoms with Gasteiger partial charge < -0.3 is 20.2 Å². The normalized spacial score (nSPS) is 16.6. The molecule has 3 rings (SSSR count). The monoisotopic (exact) mass is 507 g/mol. The maximum Gasteiger partial charge on any atom is 0.254 e. The molecule has 1 saturated heterocycles. The van der Waals surface area contributed by atoms with Crippen LogP contribution in [0.3, 0.4) is 0 Å². The van der Waals surface area contributed by atoms with Crippen LogP contribution in [-0.4, -0.2) is 57.5 Å². The molecule has 150 valence electrons. The third kappa shape index (κ3) is 3.88. The van der Waals surface area contributed by atoms with Gasteiger partial charge in [-0.1, -0.05) is 6.07 Å². The molecule has 1 unspecified atom stereocenters. The molecule has 1 atom stereocenters. The highest BCUT2D eigenvalue weighted by molar-refractivity contribution is 14.1. The Balaban J connectivity index is 1.90. The van der Waals surface area contributed by atoms with Crippen LogP contribution < -0.4 is 0 Å². The van der Waals surface area contributed by atoms with E-state index in [-0.39, 0.29) is 36.2 Å². The van der Waals surface area contributed by atoms with E-state index >= 15 is 0 Å². The van der Waals surface area contributed by atoms with Crippen molar-refractivity contribution >= 4 is 28.5 Å². The minimum absolute atomic E-state index is 0.106. The molecular weight excluding hydrogens is 490 g/mol. The number of benzene rings is 2. The van der Waals surface area contributed by atoms with Crippen LogP contribution in [0.1, 0.15) is 21.5 Å². The van der Waals surface area contributed by atoms with Crippen molar-refractivity contribution in [3.8, 4) is 0 Å². The van der Waals surface area contributed by atoms with Crippen molar-refractivity contribution in [3.05, 3.63) is 68.0 Å². The Morgan fingerprint density at radius 1 is 1.18 bits per heavy atom. The quantitative estimate of drug-likeness (QED) is 0.540. The molecular formula is C19H17F3INO4. The summed E-state index contributed by atoms with van der Waals surface area (Å²) >= 11 is 1.92. The minimum Gasteiger partial charge on any atom is -0.394 e. The molecule has 0 bridgehead atoms. The van der Waals surface area contributed by atoms with E-state index in [1.807, 2.05) is 22.6 Å². The molecule has 3 N–H and O–H groups in total. The van der Waals surface area contributed by atoms with Gasteiger partial charge in [0.1, 0.15) is 17.5 Å². The van der Waals surface area contributed by atoms with Gasteiger partial charge in [0.15, 0.2) is 11.6 Å². The van der Waals surface area contributed by atoms with E-state index in [2.05, 4.69) is 0 Å². The Bertz CT molecular complexity index is 918. The fraction of sp³-hybridized carbons (Fsp3) is 0.316. The third-order valence-electron chi connectivity index (χ3n) is 4.82. The molecule has 2 aromatic carbocycles. The standard InChI is InChI=1S/C19H17F3INO4/c20-14-4-3-12(18(27)24-8-19(28,9-24)16(26)7-25)13(17(14)22)5-10-1-2-11(23)6-15(10)21/h1-4,6,16,25-26,28H,5,7-9H2. The summed E-state index contributed by atoms with van der Waals surface area (Å²) in [7, 11) is 0. The van der Waals surface area contributed by atoms with Gasteiger partial charge in [-0.15, -0.1) is 0 Å². The van der Waals surface area contributed by atoms with Crippen LogP contribution in [0.25, 0.3) is 0 Å². The second kappa shape index (κ2) is 7.97. The zero-order chi connectivity index (χ0) is 20.6. The summed E-state index contributed by atoms with van der Waals surface area (Å²) in [5.41, 5.74) is -2.00. The summed E-state index contributed by atoms with van der Waals surface area (Å²) in [6, 6.07) is 6.23. The molecule has 2 aromatic rings. The second-order valence-corrected chi connectivity index (χ2v) is 8.01. The third-order valence-corrected chi connectivity index (χ3v) is 5.49. The van der Waals surface area contributed by atoms with Gasteiger partial charge in [-0.3, -0.25) is 4.79 Å². The number of halogens is 4. The number of amides is 1. The second-order valence-electron chi connectivity index (χ2n) is 6.76. The van der Waals surface area contributed by atoms with Crippen LogP contribution in [0.15, 0.2) is 30.3 Å². The smallest absolute Gasteiger partial charge is 0.254 e. The van der Waals surface area contributed by atoms with E-state index in [1.54, 1.807) is 6.07 Å². The van der Waals surface area contributed by atoms with Gasteiger partial charge in [-0.05, 0) is 52.4 Å². The van der Waals surface area contributed by atoms with Gasteiger partial charge in [0.05, 0.1) is 19.7 Å². The molecule has 5 nitrogen and oxygen atoms in total. The highest BCUT2D eigenvalue weighted by Gasteiger charge is 2.49. The largest absolute Gasteiger partial charge is 0.394 e. The molecule has 0 spiro atoms. The Morgan fingerprint density at radius 3 is 2.46 bits per heavy atom. The summed E-state index contributed by atoms with van der Waals surface area (Å²) in [4.78, 5) is 13.9. The van der Waals surface area contributed by atoms with Crippen LogP contribution in [0.5, 0.6) is 0 Å². The summed E-state index contributed by atoms with van der Waals surface area (Å²) in [6.45, 7) is -1.23. The van der Waals surface area contributed by atoms with Crippen molar-refractivity contribution in [1.82, 2.24) is 4.90 Å². The summed E-state index contributed by atoms with van der Waals surface area (Å²) < 4.78 is 43.0. The van der Waals surface area contributed by atoms with Gasteiger partial charge in [0.2, 0.25) is 0 Å². The number of hydrogen-bond acceptors (Lipinski definition) is 4. The number of aliphatic hydroxyl groups is 3. The summed E-state index contributed by atoms with van der Waals surface area (Å²) in [5, 5.41) is 28.7. The van der Waals surface area contributed by atoms with E-state index in [1.165, 1.54) is 12.1 Å². The average molecular weight is 507 g/mol. The fourth-order valence-electron chi connectivity index (χ4n) is 3.13. The Labute approximate surface area is 172 Å². The van der Waals surface area contributed by atoms with E-state index in [0.29, 0.717) is 3.57 Å². The Morgan fingerprint density at radius 2 is 1.86 bits per heavy atom. The first-order valence-corrected chi connectivity index (χ1v) is 9.45. The maximum atomic E-state index is 14.4. The molecule has 1 aliphatic heterocycles. The average Bonchev–Trinajstić information content (AvgIpc) is 2.63. The van der Waals surface area contributed by atoms with Crippen LogP contribution in [-0.2, 0) is 6.42 Å². The van der Waals surface area contributed by atoms with Crippen LogP contribution in [0.2, 0.25) is 0 Å². The number of rotatable bonds is 5. The van der Waals surface area contributed by atoms with Crippen molar-refractivity contribution in [3.63, 3.8) is 0 Å². The van der Waals surface area contributed by atoms with Crippen LogP contribution in [0, 0.1) is 21.0 Å². The predicted molar refractivity (Wildman–Crippen MR) is 102 cm³/mol. The number of aliphatic hydroxyl groups excluding tert-OH is 2. The highest BCUT2D eigenvalue weighted by Crippen LogP contribution is 2.29. The lowest BCUT2D eigenvalue weighted by Crippen LogP contribution is -2.69. The number of carbonyl (C=O) groups is 1. The van der Waals surface area contributed by atoms with Gasteiger partial charge in [-0.2, -0.15) is 0 Å². The van der Waals surface area contributed by atoms with Crippen molar-refractivity contribution in [2.24, 2.45) is 0 Å². The first-order chi connectivity index (χ1) is 13.2. The molecule has 0 saturated carbocycles. The van der Waals surface area contributed by atoms with Gasteiger partial charge in [0, 0.05) is 21.1 Å². The van der Waals surface area contributed by atoms with E-state index in [9.17, 15) is 28.2 Å². The van der Waals surface area contributed by atoms with E-state index in [4.69, 9.17) is 5.11 Å². The number of nitrogens with zero attached hydrogens (tertiary/aromatic N) is 1. The molecule has 1 amide bonds. The first-order valence-electron chi connectivity index (χ1n) is 8.37. The number of likely N-dealkylation sites (tertiary alicyclic amines) is 1. The molecule has 1 heterocycles. The SMILES string of the molecule is O=C(c1ccc(F)c(F)c1Cc1ccc(I)cc1F)N1CC(O)(C(O)CO)C1. The zero-order valence-electron chi connectivity index (χ0n) is 14.5. The first kappa shape index (κ1) is 21.0. The summed E-state index contributed by atoms with van der Waals surface area (Å²) in [6.07, 6.45) is -1.76. The number of β-amino-alcohol motifs (C(OH)–C–C–N with tert-alkyl or cyclic N) is 1. The zero-order valence-corrected chi connectivity index (χ0v) is 16.7.